The minimum atomic E-state index is -0.691. The Hall–Kier alpha value is -3.27. The summed E-state index contributed by atoms with van der Waals surface area (Å²) in [4.78, 5) is 11.0. The lowest BCUT2D eigenvalue weighted by Crippen LogP contribution is -2.01. The molecular formula is C24H23NO3. The molecule has 4 rings (SSSR count). The van der Waals surface area contributed by atoms with E-state index in [2.05, 4.69) is 29.6 Å². The maximum absolute atomic E-state index is 11.0. The van der Waals surface area contributed by atoms with Gasteiger partial charge in [0, 0.05) is 12.2 Å². The number of carboxylic acids is 1. The number of benzene rings is 3. The number of ether oxygens (including phenoxy) is 1. The van der Waals surface area contributed by atoms with Crippen molar-refractivity contribution in [3.05, 3.63) is 95.6 Å². The molecule has 0 unspecified atom stereocenters. The third kappa shape index (κ3) is 4.52. The van der Waals surface area contributed by atoms with E-state index in [-0.39, 0.29) is 11.8 Å². The summed E-state index contributed by atoms with van der Waals surface area (Å²) in [5.41, 5.74) is 4.46. The lowest BCUT2D eigenvalue weighted by molar-refractivity contribution is -0.138. The number of carboxylic acid groups (broad SMARTS) is 1. The Bertz CT molecular complexity index is 920. The molecule has 0 spiro atoms. The highest BCUT2D eigenvalue weighted by atomic mass is 16.5. The molecule has 1 aliphatic carbocycles. The second kappa shape index (κ2) is 8.17. The van der Waals surface area contributed by atoms with Crippen LogP contribution in [0.1, 0.15) is 29.0 Å². The molecule has 1 aliphatic rings. The van der Waals surface area contributed by atoms with E-state index in [9.17, 15) is 4.79 Å². The van der Waals surface area contributed by atoms with E-state index in [1.54, 1.807) is 0 Å². The van der Waals surface area contributed by atoms with Crippen LogP contribution in [0.15, 0.2) is 78.9 Å². The minimum Gasteiger partial charge on any atom is -0.489 e. The highest BCUT2D eigenvalue weighted by molar-refractivity contribution is 5.75. The van der Waals surface area contributed by atoms with Gasteiger partial charge in [-0.05, 0) is 53.3 Å². The van der Waals surface area contributed by atoms with Crippen molar-refractivity contribution in [2.45, 2.75) is 25.5 Å². The first-order chi connectivity index (χ1) is 13.7. The first kappa shape index (κ1) is 18.1. The van der Waals surface area contributed by atoms with E-state index < -0.39 is 5.97 Å². The van der Waals surface area contributed by atoms with Crippen molar-refractivity contribution in [2.24, 2.45) is 5.92 Å². The molecule has 3 aromatic carbocycles. The van der Waals surface area contributed by atoms with Crippen LogP contribution in [-0.4, -0.2) is 11.1 Å². The van der Waals surface area contributed by atoms with Gasteiger partial charge in [0.15, 0.2) is 0 Å². The Labute approximate surface area is 164 Å². The van der Waals surface area contributed by atoms with Gasteiger partial charge in [0.25, 0.3) is 0 Å². The Balaban J connectivity index is 1.26. The molecule has 0 radical (unpaired) electrons. The van der Waals surface area contributed by atoms with E-state index in [4.69, 9.17) is 9.84 Å². The number of aliphatic carboxylic acids is 1. The highest BCUT2D eigenvalue weighted by Crippen LogP contribution is 2.47. The van der Waals surface area contributed by atoms with Gasteiger partial charge in [-0.1, -0.05) is 54.6 Å². The van der Waals surface area contributed by atoms with Gasteiger partial charge in [0.2, 0.25) is 0 Å². The number of hydrogen-bond donors (Lipinski definition) is 2. The minimum absolute atomic E-state index is 0.176. The predicted octanol–water partition coefficient (Wildman–Crippen LogP) is 5.07. The van der Waals surface area contributed by atoms with Crippen LogP contribution < -0.4 is 10.1 Å². The predicted molar refractivity (Wildman–Crippen MR) is 109 cm³/mol. The van der Waals surface area contributed by atoms with Crippen molar-refractivity contribution < 1.29 is 14.6 Å². The van der Waals surface area contributed by atoms with Gasteiger partial charge < -0.3 is 15.2 Å². The first-order valence-corrected chi connectivity index (χ1v) is 9.51. The second-order valence-electron chi connectivity index (χ2n) is 7.18. The van der Waals surface area contributed by atoms with Gasteiger partial charge in [-0.15, -0.1) is 0 Å². The van der Waals surface area contributed by atoms with Gasteiger partial charge in [-0.2, -0.15) is 0 Å². The third-order valence-corrected chi connectivity index (χ3v) is 5.11. The van der Waals surface area contributed by atoms with Crippen molar-refractivity contribution in [3.8, 4) is 5.75 Å². The number of anilines is 1. The lowest BCUT2D eigenvalue weighted by atomic mass is 10.1. The lowest BCUT2D eigenvalue weighted by Gasteiger charge is -2.10. The van der Waals surface area contributed by atoms with Crippen molar-refractivity contribution >= 4 is 11.7 Å². The van der Waals surface area contributed by atoms with Gasteiger partial charge in [0.1, 0.15) is 12.4 Å². The molecule has 2 atom stereocenters. The van der Waals surface area contributed by atoms with Crippen LogP contribution in [-0.2, 0) is 17.9 Å². The summed E-state index contributed by atoms with van der Waals surface area (Å²) in [5, 5.41) is 12.4. The molecule has 142 valence electrons. The largest absolute Gasteiger partial charge is 0.489 e. The van der Waals surface area contributed by atoms with Crippen LogP contribution in [0.3, 0.4) is 0 Å². The maximum Gasteiger partial charge on any atom is 0.307 e. The van der Waals surface area contributed by atoms with Crippen molar-refractivity contribution in [1.29, 1.82) is 0 Å². The molecule has 0 heterocycles. The number of hydrogen-bond acceptors (Lipinski definition) is 3. The van der Waals surface area contributed by atoms with Crippen LogP contribution >= 0.6 is 0 Å². The Kier molecular flexibility index (Phi) is 5.29. The quantitative estimate of drug-likeness (QED) is 0.579. The Morgan fingerprint density at radius 3 is 2.29 bits per heavy atom. The standard InChI is InChI=1S/C24H23NO3/c26-24(27)23-14-22(23)19-8-10-20(11-9-19)25-15-17-6-12-21(13-7-17)28-16-18-4-2-1-3-5-18/h1-13,22-23,25H,14-16H2,(H,26,27)/t22-,23+/m0/s1. The summed E-state index contributed by atoms with van der Waals surface area (Å²) in [6, 6.07) is 26.3. The van der Waals surface area contributed by atoms with E-state index in [0.29, 0.717) is 6.61 Å². The molecule has 0 saturated heterocycles. The summed E-state index contributed by atoms with van der Waals surface area (Å²) >= 11 is 0. The summed E-state index contributed by atoms with van der Waals surface area (Å²) in [7, 11) is 0. The fourth-order valence-corrected chi connectivity index (χ4v) is 3.33. The van der Waals surface area contributed by atoms with Crippen LogP contribution in [0, 0.1) is 5.92 Å². The second-order valence-corrected chi connectivity index (χ2v) is 7.18. The van der Waals surface area contributed by atoms with E-state index in [0.717, 1.165) is 35.5 Å². The zero-order valence-electron chi connectivity index (χ0n) is 15.5. The summed E-state index contributed by atoms with van der Waals surface area (Å²) < 4.78 is 5.81. The Morgan fingerprint density at radius 2 is 1.64 bits per heavy atom. The van der Waals surface area contributed by atoms with Crippen LogP contribution in [0.25, 0.3) is 0 Å². The van der Waals surface area contributed by atoms with Gasteiger partial charge in [-0.3, -0.25) is 4.79 Å². The van der Waals surface area contributed by atoms with E-state index in [1.165, 1.54) is 5.56 Å². The summed E-state index contributed by atoms with van der Waals surface area (Å²) in [6.45, 7) is 1.29. The van der Waals surface area contributed by atoms with Crippen molar-refractivity contribution in [2.75, 3.05) is 5.32 Å². The third-order valence-electron chi connectivity index (χ3n) is 5.11. The summed E-state index contributed by atoms with van der Waals surface area (Å²) in [5.74, 6) is 0.134. The zero-order chi connectivity index (χ0) is 19.3. The molecule has 3 aromatic rings. The molecule has 2 N–H and O–H groups in total. The molecule has 1 saturated carbocycles. The monoisotopic (exact) mass is 373 g/mol. The highest BCUT2D eigenvalue weighted by Gasteiger charge is 2.43. The topological polar surface area (TPSA) is 58.6 Å². The fraction of sp³-hybridized carbons (Fsp3) is 0.208. The smallest absolute Gasteiger partial charge is 0.307 e. The number of carbonyl (C=O) groups is 1. The Morgan fingerprint density at radius 1 is 0.929 bits per heavy atom. The molecule has 0 amide bonds. The first-order valence-electron chi connectivity index (χ1n) is 9.51. The molecule has 4 heteroatoms. The average Bonchev–Trinajstić information content (AvgIpc) is 3.54. The molecule has 0 aliphatic heterocycles. The van der Waals surface area contributed by atoms with Crippen LogP contribution in [0.2, 0.25) is 0 Å². The fourth-order valence-electron chi connectivity index (χ4n) is 3.33. The van der Waals surface area contributed by atoms with Gasteiger partial charge >= 0.3 is 5.97 Å². The maximum atomic E-state index is 11.0. The SMILES string of the molecule is O=C(O)[C@@H]1C[C@H]1c1ccc(NCc2ccc(OCc3ccccc3)cc2)cc1. The van der Waals surface area contributed by atoms with Gasteiger partial charge in [0.05, 0.1) is 5.92 Å². The average molecular weight is 373 g/mol. The molecule has 4 nitrogen and oxygen atoms in total. The summed E-state index contributed by atoms with van der Waals surface area (Å²) in [6.07, 6.45) is 0.751. The van der Waals surface area contributed by atoms with Crippen molar-refractivity contribution in [3.63, 3.8) is 0 Å². The van der Waals surface area contributed by atoms with Gasteiger partial charge in [-0.25, -0.2) is 0 Å². The van der Waals surface area contributed by atoms with Crippen LogP contribution in [0.5, 0.6) is 5.75 Å². The molecular weight excluding hydrogens is 350 g/mol. The van der Waals surface area contributed by atoms with Crippen LogP contribution in [0.4, 0.5) is 5.69 Å². The molecule has 28 heavy (non-hydrogen) atoms. The number of rotatable bonds is 8. The molecule has 0 bridgehead atoms. The molecule has 0 aromatic heterocycles. The van der Waals surface area contributed by atoms with E-state index >= 15 is 0 Å². The van der Waals surface area contributed by atoms with E-state index in [1.807, 2.05) is 54.6 Å². The normalized spacial score (nSPS) is 17.7. The zero-order valence-corrected chi connectivity index (χ0v) is 15.5. The number of nitrogens with one attached hydrogen (secondary N) is 1. The van der Waals surface area contributed by atoms with Crippen molar-refractivity contribution in [1.82, 2.24) is 0 Å². The molecule has 1 fully saturated rings.